The fourth-order valence-electron chi connectivity index (χ4n) is 2.55. The molecule has 116 valence electrons. The van der Waals surface area contributed by atoms with E-state index in [-0.39, 0.29) is 28.2 Å². The maximum absolute atomic E-state index is 12.3. The molecule has 1 amide bonds. The quantitative estimate of drug-likeness (QED) is 0.832. The van der Waals surface area contributed by atoms with Crippen LogP contribution < -0.4 is 10.6 Å². The zero-order valence-corrected chi connectivity index (χ0v) is 13.1. The lowest BCUT2D eigenvalue weighted by atomic mass is 10.2. The van der Waals surface area contributed by atoms with Crippen molar-refractivity contribution in [1.82, 2.24) is 10.6 Å². The van der Waals surface area contributed by atoms with Gasteiger partial charge in [0, 0.05) is 12.6 Å². The molecule has 1 aliphatic heterocycles. The van der Waals surface area contributed by atoms with Gasteiger partial charge in [0.05, 0.1) is 16.2 Å². The molecule has 0 spiro atoms. The van der Waals surface area contributed by atoms with Gasteiger partial charge in [0.1, 0.15) is 0 Å². The van der Waals surface area contributed by atoms with Crippen LogP contribution in [0.25, 0.3) is 0 Å². The summed E-state index contributed by atoms with van der Waals surface area (Å²) in [6, 6.07) is 6.70. The molecule has 0 bridgehead atoms. The van der Waals surface area contributed by atoms with Crippen molar-refractivity contribution in [3.05, 3.63) is 29.8 Å². The summed E-state index contributed by atoms with van der Waals surface area (Å²) in [5.74, 6) is -0.263. The summed E-state index contributed by atoms with van der Waals surface area (Å²) in [6.07, 6.45) is 2.68. The number of carbonyl (C=O) groups excluding carboxylic acids is 1. The van der Waals surface area contributed by atoms with E-state index in [9.17, 15) is 13.2 Å². The molecule has 21 heavy (non-hydrogen) atoms. The summed E-state index contributed by atoms with van der Waals surface area (Å²) in [5, 5.41) is 6.13. The Balaban J connectivity index is 2.13. The average molecular weight is 310 g/mol. The van der Waals surface area contributed by atoms with Gasteiger partial charge in [0.2, 0.25) is 0 Å². The van der Waals surface area contributed by atoms with Crippen LogP contribution in [0.1, 0.15) is 36.5 Å². The third-order valence-electron chi connectivity index (χ3n) is 3.61. The van der Waals surface area contributed by atoms with Crippen LogP contribution in [-0.4, -0.2) is 39.2 Å². The van der Waals surface area contributed by atoms with Crippen LogP contribution in [0.4, 0.5) is 0 Å². The number of nitrogens with one attached hydrogen (secondary N) is 2. The van der Waals surface area contributed by atoms with E-state index in [0.29, 0.717) is 13.0 Å². The van der Waals surface area contributed by atoms with Gasteiger partial charge in [-0.15, -0.1) is 0 Å². The topological polar surface area (TPSA) is 75.3 Å². The molecule has 6 heteroatoms. The zero-order chi connectivity index (χ0) is 15.3. The van der Waals surface area contributed by atoms with Crippen molar-refractivity contribution in [2.45, 2.75) is 37.1 Å². The molecular weight excluding hydrogens is 288 g/mol. The van der Waals surface area contributed by atoms with E-state index in [1.165, 1.54) is 6.07 Å². The largest absolute Gasteiger partial charge is 0.350 e. The molecule has 1 saturated heterocycles. The van der Waals surface area contributed by atoms with Crippen molar-refractivity contribution in [2.24, 2.45) is 0 Å². The highest BCUT2D eigenvalue weighted by Gasteiger charge is 2.22. The molecule has 1 aromatic carbocycles. The fourth-order valence-corrected chi connectivity index (χ4v) is 4.09. The Morgan fingerprint density at radius 1 is 1.38 bits per heavy atom. The predicted octanol–water partition coefficient (Wildman–Crippen LogP) is 1.35. The Morgan fingerprint density at radius 2 is 2.14 bits per heavy atom. The van der Waals surface area contributed by atoms with Crippen molar-refractivity contribution < 1.29 is 13.2 Å². The first-order valence-electron chi connectivity index (χ1n) is 7.38. The molecule has 1 fully saturated rings. The van der Waals surface area contributed by atoms with Crippen LogP contribution in [0, 0.1) is 0 Å². The molecule has 1 aromatic rings. The molecule has 0 saturated carbocycles. The Hall–Kier alpha value is -1.40. The van der Waals surface area contributed by atoms with E-state index >= 15 is 0 Å². The average Bonchev–Trinajstić information content (AvgIpc) is 2.98. The second-order valence-corrected chi connectivity index (χ2v) is 7.40. The first kappa shape index (κ1) is 16.0. The zero-order valence-electron chi connectivity index (χ0n) is 12.3. The SMILES string of the molecule is CCCS(=O)(=O)c1ccccc1C(=O)NCC1CCCN1. The summed E-state index contributed by atoms with van der Waals surface area (Å²) in [6.45, 7) is 3.31. The number of carbonyl (C=O) groups is 1. The first-order valence-corrected chi connectivity index (χ1v) is 9.03. The lowest BCUT2D eigenvalue weighted by Gasteiger charge is -2.13. The fraction of sp³-hybridized carbons (Fsp3) is 0.533. The first-order chi connectivity index (χ1) is 10.0. The van der Waals surface area contributed by atoms with Gasteiger partial charge in [-0.1, -0.05) is 19.1 Å². The minimum Gasteiger partial charge on any atom is -0.350 e. The second-order valence-electron chi connectivity index (χ2n) is 5.32. The van der Waals surface area contributed by atoms with Crippen molar-refractivity contribution in [3.63, 3.8) is 0 Å². The number of sulfone groups is 1. The third kappa shape index (κ3) is 4.04. The smallest absolute Gasteiger partial charge is 0.252 e. The van der Waals surface area contributed by atoms with E-state index in [0.717, 1.165) is 19.4 Å². The number of benzene rings is 1. The molecule has 5 nitrogen and oxygen atoms in total. The normalized spacial score (nSPS) is 18.6. The van der Waals surface area contributed by atoms with Gasteiger partial charge in [-0.2, -0.15) is 0 Å². The number of hydrogen-bond donors (Lipinski definition) is 2. The Morgan fingerprint density at radius 3 is 2.81 bits per heavy atom. The second kappa shape index (κ2) is 7.04. The molecule has 0 radical (unpaired) electrons. The monoisotopic (exact) mass is 310 g/mol. The van der Waals surface area contributed by atoms with Gasteiger partial charge in [-0.05, 0) is 37.9 Å². The Kier molecular flexibility index (Phi) is 5.36. The summed E-state index contributed by atoms with van der Waals surface area (Å²) in [5.41, 5.74) is 0.240. The summed E-state index contributed by atoms with van der Waals surface area (Å²) in [4.78, 5) is 12.4. The molecule has 0 aromatic heterocycles. The van der Waals surface area contributed by atoms with E-state index in [4.69, 9.17) is 0 Å². The highest BCUT2D eigenvalue weighted by atomic mass is 32.2. The highest BCUT2D eigenvalue weighted by molar-refractivity contribution is 7.91. The van der Waals surface area contributed by atoms with Crippen LogP contribution in [0.15, 0.2) is 29.2 Å². The minimum absolute atomic E-state index is 0.0570. The van der Waals surface area contributed by atoms with Gasteiger partial charge < -0.3 is 10.6 Å². The van der Waals surface area contributed by atoms with E-state index in [2.05, 4.69) is 10.6 Å². The Bertz CT molecular complexity index is 593. The van der Waals surface area contributed by atoms with Gasteiger partial charge in [0.25, 0.3) is 5.91 Å². The third-order valence-corrected chi connectivity index (χ3v) is 5.58. The lowest BCUT2D eigenvalue weighted by Crippen LogP contribution is -2.37. The highest BCUT2D eigenvalue weighted by Crippen LogP contribution is 2.18. The molecular formula is C15H22N2O3S. The molecule has 0 aliphatic carbocycles. The van der Waals surface area contributed by atoms with Gasteiger partial charge in [-0.3, -0.25) is 4.79 Å². The standard InChI is InChI=1S/C15H22N2O3S/c1-2-10-21(19,20)14-8-4-3-7-13(14)15(18)17-11-12-6-5-9-16-12/h3-4,7-8,12,16H,2,5-6,9-11H2,1H3,(H,17,18). The van der Waals surface area contributed by atoms with Crippen LogP contribution in [-0.2, 0) is 9.84 Å². The van der Waals surface area contributed by atoms with Crippen LogP contribution in [0.5, 0.6) is 0 Å². The minimum atomic E-state index is -3.40. The molecule has 1 aliphatic rings. The molecule has 1 heterocycles. The van der Waals surface area contributed by atoms with Gasteiger partial charge in [-0.25, -0.2) is 8.42 Å². The van der Waals surface area contributed by atoms with Crippen molar-refractivity contribution in [1.29, 1.82) is 0 Å². The molecule has 1 unspecified atom stereocenters. The summed E-state index contributed by atoms with van der Waals surface area (Å²) >= 11 is 0. The number of hydrogen-bond acceptors (Lipinski definition) is 4. The maximum Gasteiger partial charge on any atom is 0.252 e. The summed E-state index contributed by atoms with van der Waals surface area (Å²) < 4.78 is 24.5. The van der Waals surface area contributed by atoms with Crippen molar-refractivity contribution >= 4 is 15.7 Å². The number of amides is 1. The molecule has 2 rings (SSSR count). The summed E-state index contributed by atoms with van der Waals surface area (Å²) in [7, 11) is -3.40. The van der Waals surface area contributed by atoms with Crippen molar-refractivity contribution in [2.75, 3.05) is 18.8 Å². The maximum atomic E-state index is 12.3. The van der Waals surface area contributed by atoms with Gasteiger partial charge in [0.15, 0.2) is 9.84 Å². The van der Waals surface area contributed by atoms with Crippen LogP contribution in [0.2, 0.25) is 0 Å². The van der Waals surface area contributed by atoms with Crippen molar-refractivity contribution in [3.8, 4) is 0 Å². The van der Waals surface area contributed by atoms with E-state index in [1.807, 2.05) is 6.92 Å². The van der Waals surface area contributed by atoms with E-state index < -0.39 is 9.84 Å². The van der Waals surface area contributed by atoms with Gasteiger partial charge >= 0.3 is 0 Å². The van der Waals surface area contributed by atoms with E-state index in [1.54, 1.807) is 18.2 Å². The molecule has 1 atom stereocenters. The van der Waals surface area contributed by atoms with Crippen LogP contribution >= 0.6 is 0 Å². The van der Waals surface area contributed by atoms with Crippen LogP contribution in [0.3, 0.4) is 0 Å². The number of rotatable bonds is 6. The lowest BCUT2D eigenvalue weighted by molar-refractivity contribution is 0.0947. The Labute approximate surface area is 126 Å². The predicted molar refractivity (Wildman–Crippen MR) is 82.1 cm³/mol. The molecule has 2 N–H and O–H groups in total.